The van der Waals surface area contributed by atoms with Gasteiger partial charge < -0.3 is 10.6 Å². The Morgan fingerprint density at radius 3 is 2.88 bits per heavy atom. The average molecular weight is 238 g/mol. The van der Waals surface area contributed by atoms with Crippen molar-refractivity contribution in [3.8, 4) is 0 Å². The molecule has 17 heavy (non-hydrogen) atoms. The molecule has 1 heterocycles. The van der Waals surface area contributed by atoms with Crippen molar-refractivity contribution in [2.24, 2.45) is 34.6 Å². The second kappa shape index (κ2) is 4.60. The van der Waals surface area contributed by atoms with E-state index in [-0.39, 0.29) is 5.60 Å². The van der Waals surface area contributed by atoms with E-state index in [0.717, 1.165) is 13.0 Å². The van der Waals surface area contributed by atoms with Gasteiger partial charge in [-0.25, -0.2) is 0 Å². The van der Waals surface area contributed by atoms with Gasteiger partial charge in [0.2, 0.25) is 0 Å². The van der Waals surface area contributed by atoms with Crippen LogP contribution >= 0.6 is 0 Å². The summed E-state index contributed by atoms with van der Waals surface area (Å²) in [5.41, 5.74) is 1.28. The lowest BCUT2D eigenvalue weighted by molar-refractivity contribution is -0.104. The maximum absolute atomic E-state index is 6.12. The molecule has 1 aliphatic carbocycles. The van der Waals surface area contributed by atoms with Crippen LogP contribution in [-0.2, 0) is 4.74 Å². The third kappa shape index (κ3) is 1.99. The fraction of sp³-hybridized carbons (Fsp3) is 0.929. The predicted octanol–water partition coefficient (Wildman–Crippen LogP) is 2.80. The van der Waals surface area contributed by atoms with Gasteiger partial charge >= 0.3 is 0 Å². The maximum atomic E-state index is 6.12. The van der Waals surface area contributed by atoms with Gasteiger partial charge in [0.05, 0.1) is 12.2 Å². The average Bonchev–Trinajstić information content (AvgIpc) is 2.51. The molecule has 0 unspecified atom stereocenters. The Balaban J connectivity index is 2.19. The van der Waals surface area contributed by atoms with Gasteiger partial charge in [0, 0.05) is 11.6 Å². The molecule has 0 amide bonds. The summed E-state index contributed by atoms with van der Waals surface area (Å²) in [5, 5.41) is 4.09. The molecule has 1 saturated carbocycles. The Labute approximate surface area is 105 Å². The maximum Gasteiger partial charge on any atom is 0.0683 e. The van der Waals surface area contributed by atoms with E-state index >= 15 is 0 Å². The van der Waals surface area contributed by atoms with Crippen molar-refractivity contribution < 1.29 is 4.74 Å². The highest BCUT2D eigenvalue weighted by molar-refractivity contribution is 5.89. The van der Waals surface area contributed by atoms with Gasteiger partial charge in [-0.05, 0) is 43.9 Å². The minimum absolute atomic E-state index is 0.107. The van der Waals surface area contributed by atoms with Gasteiger partial charge in [0.1, 0.15) is 0 Å². The standard InChI is InChI=1S/C14H26N2O/c1-5-9(2)13(16-15)12-8-17-14(4)7-6-11(12)10(14)3/h9-12H,5-8,15H2,1-4H3/b16-13-/t9-,10-,11+,12+,14-/m1/s1. The second-order valence-corrected chi connectivity index (χ2v) is 6.08. The summed E-state index contributed by atoms with van der Waals surface area (Å²) in [4.78, 5) is 0. The molecule has 5 atom stereocenters. The zero-order valence-corrected chi connectivity index (χ0v) is 11.6. The summed E-state index contributed by atoms with van der Waals surface area (Å²) in [6, 6.07) is 0. The number of hydrogen-bond donors (Lipinski definition) is 1. The fourth-order valence-electron chi connectivity index (χ4n) is 3.64. The van der Waals surface area contributed by atoms with Crippen LogP contribution in [0.25, 0.3) is 0 Å². The number of rotatable bonds is 3. The van der Waals surface area contributed by atoms with E-state index in [2.05, 4.69) is 32.8 Å². The van der Waals surface area contributed by atoms with Crippen molar-refractivity contribution in [2.75, 3.05) is 6.61 Å². The summed E-state index contributed by atoms with van der Waals surface area (Å²) >= 11 is 0. The second-order valence-electron chi connectivity index (χ2n) is 6.08. The van der Waals surface area contributed by atoms with Crippen LogP contribution < -0.4 is 5.84 Å². The number of hydrazone groups is 1. The smallest absolute Gasteiger partial charge is 0.0683 e. The number of nitrogens with zero attached hydrogens (tertiary/aromatic N) is 1. The van der Waals surface area contributed by atoms with Crippen LogP contribution in [0.4, 0.5) is 0 Å². The Hall–Kier alpha value is -0.570. The Morgan fingerprint density at radius 1 is 1.59 bits per heavy atom. The third-order valence-corrected chi connectivity index (χ3v) is 5.34. The first-order valence-corrected chi connectivity index (χ1v) is 6.95. The summed E-state index contributed by atoms with van der Waals surface area (Å²) in [6.45, 7) is 9.82. The quantitative estimate of drug-likeness (QED) is 0.467. The van der Waals surface area contributed by atoms with Crippen LogP contribution in [0.1, 0.15) is 47.0 Å². The Morgan fingerprint density at radius 2 is 2.29 bits per heavy atom. The minimum Gasteiger partial charge on any atom is -0.374 e. The van der Waals surface area contributed by atoms with Gasteiger partial charge in [-0.1, -0.05) is 20.8 Å². The van der Waals surface area contributed by atoms with Crippen molar-refractivity contribution in [3.05, 3.63) is 0 Å². The van der Waals surface area contributed by atoms with Crippen LogP contribution in [0.2, 0.25) is 0 Å². The van der Waals surface area contributed by atoms with Crippen molar-refractivity contribution in [2.45, 2.75) is 52.6 Å². The minimum atomic E-state index is 0.107. The summed E-state index contributed by atoms with van der Waals surface area (Å²) < 4.78 is 6.12. The summed E-state index contributed by atoms with van der Waals surface area (Å²) in [5.74, 6) is 7.88. The molecule has 0 radical (unpaired) electrons. The number of ether oxygens (including phenoxy) is 1. The Bertz CT molecular complexity index is 315. The van der Waals surface area contributed by atoms with Crippen molar-refractivity contribution in [3.63, 3.8) is 0 Å². The van der Waals surface area contributed by atoms with E-state index < -0.39 is 0 Å². The van der Waals surface area contributed by atoms with Crippen LogP contribution in [0.15, 0.2) is 5.10 Å². The molecule has 0 aromatic carbocycles. The highest BCUT2D eigenvalue weighted by atomic mass is 16.5. The van der Waals surface area contributed by atoms with Crippen molar-refractivity contribution in [1.82, 2.24) is 0 Å². The molecule has 0 aromatic heterocycles. The number of hydrogen-bond acceptors (Lipinski definition) is 3. The third-order valence-electron chi connectivity index (χ3n) is 5.34. The van der Waals surface area contributed by atoms with E-state index in [0.29, 0.717) is 23.7 Å². The predicted molar refractivity (Wildman–Crippen MR) is 70.8 cm³/mol. The first kappa shape index (κ1) is 12.9. The zero-order valence-electron chi connectivity index (χ0n) is 11.6. The van der Waals surface area contributed by atoms with Gasteiger partial charge in [0.15, 0.2) is 0 Å². The highest BCUT2D eigenvalue weighted by Crippen LogP contribution is 2.50. The zero-order chi connectivity index (χ0) is 12.6. The van der Waals surface area contributed by atoms with Crippen LogP contribution in [-0.4, -0.2) is 17.9 Å². The van der Waals surface area contributed by atoms with Crippen molar-refractivity contribution >= 4 is 5.71 Å². The molecule has 2 rings (SSSR count). The van der Waals surface area contributed by atoms with E-state index in [1.165, 1.54) is 18.6 Å². The molecule has 1 aliphatic heterocycles. The SMILES string of the molecule is CC[C@@H](C)/C(=N/N)[C@H]1CO[C@]2(C)CC[C@H]1[C@H]2C. The van der Waals surface area contributed by atoms with Crippen LogP contribution in [0, 0.1) is 23.7 Å². The van der Waals surface area contributed by atoms with Gasteiger partial charge in [-0.3, -0.25) is 0 Å². The number of fused-ring (bicyclic) bond motifs is 2. The largest absolute Gasteiger partial charge is 0.374 e. The van der Waals surface area contributed by atoms with E-state index in [4.69, 9.17) is 10.6 Å². The Kier molecular flexibility index (Phi) is 3.48. The summed E-state index contributed by atoms with van der Waals surface area (Å²) in [7, 11) is 0. The molecular formula is C14H26N2O. The monoisotopic (exact) mass is 238 g/mol. The molecular weight excluding hydrogens is 212 g/mol. The molecule has 2 bridgehead atoms. The lowest BCUT2D eigenvalue weighted by atomic mass is 9.74. The molecule has 0 aromatic rings. The topological polar surface area (TPSA) is 47.6 Å². The fourth-order valence-corrected chi connectivity index (χ4v) is 3.64. The molecule has 1 saturated heterocycles. The van der Waals surface area contributed by atoms with Crippen molar-refractivity contribution in [1.29, 1.82) is 0 Å². The lowest BCUT2D eigenvalue weighted by Crippen LogP contribution is -2.46. The first-order valence-electron chi connectivity index (χ1n) is 6.95. The molecule has 2 aliphatic rings. The molecule has 2 N–H and O–H groups in total. The summed E-state index contributed by atoms with van der Waals surface area (Å²) in [6.07, 6.45) is 3.55. The lowest BCUT2D eigenvalue weighted by Gasteiger charge is -2.42. The molecule has 3 heteroatoms. The van der Waals surface area contributed by atoms with Crippen LogP contribution in [0.5, 0.6) is 0 Å². The van der Waals surface area contributed by atoms with Gasteiger partial charge in [0.25, 0.3) is 0 Å². The molecule has 98 valence electrons. The first-order chi connectivity index (χ1) is 8.03. The van der Waals surface area contributed by atoms with E-state index in [1.54, 1.807) is 0 Å². The normalized spacial score (nSPS) is 43.8. The van der Waals surface area contributed by atoms with E-state index in [1.807, 2.05) is 0 Å². The molecule has 2 fully saturated rings. The number of nitrogens with two attached hydrogens (primary N) is 1. The molecule has 3 nitrogen and oxygen atoms in total. The highest BCUT2D eigenvalue weighted by Gasteiger charge is 2.51. The van der Waals surface area contributed by atoms with Gasteiger partial charge in [-0.15, -0.1) is 0 Å². The van der Waals surface area contributed by atoms with Crippen LogP contribution in [0.3, 0.4) is 0 Å². The molecule has 0 spiro atoms. The van der Waals surface area contributed by atoms with E-state index in [9.17, 15) is 0 Å². The van der Waals surface area contributed by atoms with Gasteiger partial charge in [-0.2, -0.15) is 5.10 Å².